The van der Waals surface area contributed by atoms with Gasteiger partial charge in [0.1, 0.15) is 5.84 Å². The Morgan fingerprint density at radius 3 is 2.36 bits per heavy atom. The Labute approximate surface area is 69.0 Å². The van der Waals surface area contributed by atoms with E-state index < -0.39 is 0 Å². The van der Waals surface area contributed by atoms with E-state index in [1.807, 2.05) is 0 Å². The monoisotopic (exact) mass is 154 g/mol. The summed E-state index contributed by atoms with van der Waals surface area (Å²) in [6.45, 7) is 6.29. The average Bonchev–Trinajstić information content (AvgIpc) is 1.86. The first-order valence-electron chi connectivity index (χ1n) is 4.13. The molecule has 0 spiro atoms. The summed E-state index contributed by atoms with van der Waals surface area (Å²) in [4.78, 5) is 0. The topological polar surface area (TPSA) is 49.9 Å². The van der Waals surface area contributed by atoms with Gasteiger partial charge in [-0.25, -0.2) is 0 Å². The van der Waals surface area contributed by atoms with E-state index in [9.17, 15) is 0 Å². The Morgan fingerprint density at radius 2 is 2.09 bits per heavy atom. The number of nitrogens with one attached hydrogen (secondary N) is 1. The molecule has 64 valence electrons. The summed E-state index contributed by atoms with van der Waals surface area (Å²) in [6.07, 6.45) is 4.04. The fourth-order valence-corrected chi connectivity index (χ4v) is 0.979. The summed E-state index contributed by atoms with van der Waals surface area (Å²) in [5.41, 5.74) is 6.37. The molecule has 0 atom stereocenters. The molecule has 0 amide bonds. The van der Waals surface area contributed by atoms with Crippen LogP contribution in [-0.4, -0.2) is 5.84 Å². The molecule has 0 unspecified atom stereocenters. The van der Waals surface area contributed by atoms with Crippen LogP contribution in [0.25, 0.3) is 0 Å². The minimum absolute atomic E-state index is 0.223. The van der Waals surface area contributed by atoms with Gasteiger partial charge in [-0.15, -0.1) is 0 Å². The largest absolute Gasteiger partial charge is 0.384 e. The van der Waals surface area contributed by atoms with Crippen molar-refractivity contribution < 1.29 is 0 Å². The minimum Gasteiger partial charge on any atom is -0.384 e. The number of nitrogens with two attached hydrogens (primary N) is 1. The first kappa shape index (κ1) is 10.2. The highest BCUT2D eigenvalue weighted by Gasteiger charge is 1.99. The van der Waals surface area contributed by atoms with Gasteiger partial charge < -0.3 is 5.73 Å². The van der Waals surface area contributed by atoms with E-state index in [2.05, 4.69) is 26.8 Å². The van der Waals surface area contributed by atoms with Gasteiger partial charge in [0.15, 0.2) is 0 Å². The average molecular weight is 154 g/mol. The molecule has 0 aromatic heterocycles. The molecule has 0 saturated heterocycles. The summed E-state index contributed by atoms with van der Waals surface area (Å²) >= 11 is 0. The van der Waals surface area contributed by atoms with Gasteiger partial charge in [0.05, 0.1) is 0 Å². The predicted octanol–water partition coefficient (Wildman–Crippen LogP) is 2.30. The Hall–Kier alpha value is -0.790. The summed E-state index contributed by atoms with van der Waals surface area (Å²) in [7, 11) is 0. The van der Waals surface area contributed by atoms with Crippen LogP contribution < -0.4 is 5.73 Å². The van der Waals surface area contributed by atoms with Crippen molar-refractivity contribution in [2.75, 3.05) is 0 Å². The van der Waals surface area contributed by atoms with E-state index in [0.717, 1.165) is 18.4 Å². The van der Waals surface area contributed by atoms with Crippen molar-refractivity contribution in [1.29, 1.82) is 5.41 Å². The SMILES string of the molecule is CCCC(=CC(C)C)C(=N)N. The maximum Gasteiger partial charge on any atom is 0.118 e. The van der Waals surface area contributed by atoms with E-state index in [1.165, 1.54) is 0 Å². The molecule has 0 aromatic rings. The molecule has 0 bridgehead atoms. The Balaban J connectivity index is 4.20. The molecule has 0 rings (SSSR count). The normalized spacial score (nSPS) is 12.2. The lowest BCUT2D eigenvalue weighted by Crippen LogP contribution is -2.13. The summed E-state index contributed by atoms with van der Waals surface area (Å²) in [5.74, 6) is 0.709. The molecule has 0 fully saturated rings. The molecule has 0 radical (unpaired) electrons. The molecular formula is C9H18N2. The van der Waals surface area contributed by atoms with Gasteiger partial charge >= 0.3 is 0 Å². The second-order valence-corrected chi connectivity index (χ2v) is 3.10. The molecule has 0 aliphatic carbocycles. The first-order chi connectivity index (χ1) is 5.07. The van der Waals surface area contributed by atoms with Crippen molar-refractivity contribution in [2.24, 2.45) is 11.7 Å². The van der Waals surface area contributed by atoms with Crippen LogP contribution in [0, 0.1) is 11.3 Å². The highest BCUT2D eigenvalue weighted by Crippen LogP contribution is 2.08. The molecule has 3 N–H and O–H groups in total. The number of hydrogen-bond donors (Lipinski definition) is 2. The zero-order valence-electron chi connectivity index (χ0n) is 7.65. The maximum absolute atomic E-state index is 7.26. The number of hydrogen-bond acceptors (Lipinski definition) is 1. The molecule has 0 aromatic carbocycles. The zero-order chi connectivity index (χ0) is 8.85. The van der Waals surface area contributed by atoms with Crippen LogP contribution in [0.2, 0.25) is 0 Å². The van der Waals surface area contributed by atoms with Crippen LogP contribution in [0.15, 0.2) is 11.6 Å². The molecular weight excluding hydrogens is 136 g/mol. The van der Waals surface area contributed by atoms with Crippen molar-refractivity contribution in [2.45, 2.75) is 33.6 Å². The number of amidine groups is 1. The lowest BCUT2D eigenvalue weighted by atomic mass is 10.0. The fraction of sp³-hybridized carbons (Fsp3) is 0.667. The fourth-order valence-electron chi connectivity index (χ4n) is 0.979. The van der Waals surface area contributed by atoms with Gasteiger partial charge in [-0.05, 0) is 17.9 Å². The van der Waals surface area contributed by atoms with Gasteiger partial charge in [-0.2, -0.15) is 0 Å². The van der Waals surface area contributed by atoms with Crippen molar-refractivity contribution >= 4 is 5.84 Å². The van der Waals surface area contributed by atoms with Gasteiger partial charge in [0, 0.05) is 0 Å². The molecule has 2 nitrogen and oxygen atoms in total. The molecule has 2 heteroatoms. The summed E-state index contributed by atoms with van der Waals surface area (Å²) in [6, 6.07) is 0. The van der Waals surface area contributed by atoms with Gasteiger partial charge in [-0.3, -0.25) is 5.41 Å². The van der Waals surface area contributed by atoms with Crippen LogP contribution in [0.5, 0.6) is 0 Å². The molecule has 0 saturated carbocycles. The van der Waals surface area contributed by atoms with Crippen molar-refractivity contribution in [3.63, 3.8) is 0 Å². The lowest BCUT2D eigenvalue weighted by Gasteiger charge is -2.04. The van der Waals surface area contributed by atoms with Crippen LogP contribution in [0.3, 0.4) is 0 Å². The predicted molar refractivity (Wildman–Crippen MR) is 49.7 cm³/mol. The van der Waals surface area contributed by atoms with E-state index in [0.29, 0.717) is 5.92 Å². The van der Waals surface area contributed by atoms with Crippen LogP contribution >= 0.6 is 0 Å². The van der Waals surface area contributed by atoms with Gasteiger partial charge in [0.2, 0.25) is 0 Å². The quantitative estimate of drug-likeness (QED) is 0.474. The highest BCUT2D eigenvalue weighted by atomic mass is 14.7. The Bertz CT molecular complexity index is 157. The van der Waals surface area contributed by atoms with E-state index in [1.54, 1.807) is 0 Å². The van der Waals surface area contributed by atoms with Crippen molar-refractivity contribution in [3.8, 4) is 0 Å². The minimum atomic E-state index is 0.223. The smallest absolute Gasteiger partial charge is 0.118 e. The second-order valence-electron chi connectivity index (χ2n) is 3.10. The van der Waals surface area contributed by atoms with E-state index in [4.69, 9.17) is 11.1 Å². The van der Waals surface area contributed by atoms with Crippen molar-refractivity contribution in [3.05, 3.63) is 11.6 Å². The van der Waals surface area contributed by atoms with Crippen LogP contribution in [0.1, 0.15) is 33.6 Å². The Morgan fingerprint density at radius 1 is 1.55 bits per heavy atom. The second kappa shape index (κ2) is 4.94. The third-order valence-electron chi connectivity index (χ3n) is 1.40. The number of rotatable bonds is 4. The van der Waals surface area contributed by atoms with E-state index in [-0.39, 0.29) is 5.84 Å². The summed E-state index contributed by atoms with van der Waals surface area (Å²) < 4.78 is 0. The van der Waals surface area contributed by atoms with Crippen LogP contribution in [-0.2, 0) is 0 Å². The first-order valence-corrected chi connectivity index (χ1v) is 4.13. The van der Waals surface area contributed by atoms with E-state index >= 15 is 0 Å². The number of allylic oxidation sites excluding steroid dienone is 1. The van der Waals surface area contributed by atoms with Crippen molar-refractivity contribution in [1.82, 2.24) is 0 Å². The zero-order valence-corrected chi connectivity index (χ0v) is 7.65. The third kappa shape index (κ3) is 4.59. The van der Waals surface area contributed by atoms with Gasteiger partial charge in [-0.1, -0.05) is 33.3 Å². The molecule has 0 aliphatic heterocycles. The standard InChI is InChI=1S/C9H18N2/c1-4-5-8(9(10)11)6-7(2)3/h6-7H,4-5H2,1-3H3,(H3,10,11). The Kier molecular flexibility index (Phi) is 4.59. The third-order valence-corrected chi connectivity index (χ3v) is 1.40. The van der Waals surface area contributed by atoms with Crippen LogP contribution in [0.4, 0.5) is 0 Å². The lowest BCUT2D eigenvalue weighted by molar-refractivity contribution is 0.809. The molecule has 0 heterocycles. The summed E-state index contributed by atoms with van der Waals surface area (Å²) in [5, 5.41) is 7.26. The maximum atomic E-state index is 7.26. The van der Waals surface area contributed by atoms with Gasteiger partial charge in [0.25, 0.3) is 0 Å². The molecule has 11 heavy (non-hydrogen) atoms. The highest BCUT2D eigenvalue weighted by molar-refractivity contribution is 5.94. The molecule has 0 aliphatic rings.